The average Bonchev–Trinajstić information content (AvgIpc) is 3.03. The minimum atomic E-state index is -4.93. The van der Waals surface area contributed by atoms with E-state index in [0.717, 1.165) is 38.4 Å². The predicted octanol–water partition coefficient (Wildman–Crippen LogP) is 2.78. The number of rotatable bonds is 5. The molecule has 1 aliphatic heterocycles. The van der Waals surface area contributed by atoms with E-state index < -0.39 is 64.6 Å². The Morgan fingerprint density at radius 2 is 1.91 bits per heavy atom. The van der Waals surface area contributed by atoms with Gasteiger partial charge in [-0.25, -0.2) is 4.39 Å². The number of alkyl halides is 3. The van der Waals surface area contributed by atoms with Crippen LogP contribution in [0.25, 0.3) is 0 Å². The van der Waals surface area contributed by atoms with Gasteiger partial charge in [-0.2, -0.15) is 22.3 Å². The van der Waals surface area contributed by atoms with Gasteiger partial charge in [0.2, 0.25) is 5.82 Å². The lowest BCUT2D eigenvalue weighted by atomic mass is 9.77. The number of carbonyl (C=O) groups is 2. The first kappa shape index (κ1) is 25.1. The van der Waals surface area contributed by atoms with E-state index in [0.29, 0.717) is 6.07 Å². The number of anilines is 1. The summed E-state index contributed by atoms with van der Waals surface area (Å²) in [6.07, 6.45) is -5.90. The van der Waals surface area contributed by atoms with Gasteiger partial charge in [0.05, 0.1) is 12.8 Å². The zero-order valence-electron chi connectivity index (χ0n) is 18.1. The first-order valence-electron chi connectivity index (χ1n) is 9.83. The van der Waals surface area contributed by atoms with Gasteiger partial charge >= 0.3 is 12.1 Å². The number of carbonyl (C=O) groups excluding carboxylic acids is 2. The van der Waals surface area contributed by atoms with Gasteiger partial charge in [-0.15, -0.1) is 0 Å². The average molecular weight is 489 g/mol. The lowest BCUT2D eigenvalue weighted by Gasteiger charge is -2.32. The molecule has 3 N–H and O–H groups in total. The van der Waals surface area contributed by atoms with Gasteiger partial charge in [-0.3, -0.25) is 9.59 Å². The third-order valence-corrected chi connectivity index (χ3v) is 6.01. The summed E-state index contributed by atoms with van der Waals surface area (Å²) in [5, 5.41) is 13.9. The number of nitrogens with zero attached hydrogens (tertiary/aromatic N) is 1. The molecule has 8 nitrogen and oxygen atoms in total. The molecule has 2 heterocycles. The fraction of sp³-hybridized carbons (Fsp3) is 0.381. The first-order valence-corrected chi connectivity index (χ1v) is 9.83. The Morgan fingerprint density at radius 3 is 2.47 bits per heavy atom. The highest BCUT2D eigenvalue weighted by Gasteiger charge is 2.65. The quantitative estimate of drug-likeness (QED) is 0.381. The number of nitrogens with two attached hydrogens (primary N) is 1. The molecule has 13 heteroatoms. The van der Waals surface area contributed by atoms with Crippen molar-refractivity contribution in [3.05, 3.63) is 58.6 Å². The molecule has 0 spiro atoms. The van der Waals surface area contributed by atoms with Crippen molar-refractivity contribution in [1.82, 2.24) is 0 Å². The van der Waals surface area contributed by atoms with Gasteiger partial charge < -0.3 is 25.7 Å². The van der Waals surface area contributed by atoms with Gasteiger partial charge in [0.25, 0.3) is 11.6 Å². The number of aromatic nitrogens is 1. The Labute approximate surface area is 190 Å². The Hall–Kier alpha value is -3.48. The number of hydrogen-bond donors (Lipinski definition) is 2. The van der Waals surface area contributed by atoms with Crippen molar-refractivity contribution < 1.29 is 45.7 Å². The SMILES string of the molecule is COc1c([C@H]2[C@@H](C(=O)Nc3cc[n+]([O-])c(C(N)=O)c3)O[C@@](C)(C(F)(F)F)[C@H]2C)ccc(F)c1F. The molecule has 1 saturated heterocycles. The van der Waals surface area contributed by atoms with Crippen LogP contribution in [0.4, 0.5) is 27.6 Å². The number of halogens is 5. The molecule has 1 aliphatic rings. The maximum absolute atomic E-state index is 14.4. The van der Waals surface area contributed by atoms with E-state index in [2.05, 4.69) is 5.32 Å². The minimum Gasteiger partial charge on any atom is -0.618 e. The van der Waals surface area contributed by atoms with Crippen LogP contribution in [-0.4, -0.2) is 36.8 Å². The minimum absolute atomic E-state index is 0.126. The maximum Gasteiger partial charge on any atom is 0.417 e. The second kappa shape index (κ2) is 8.70. The summed E-state index contributed by atoms with van der Waals surface area (Å²) < 4.78 is 80.2. The van der Waals surface area contributed by atoms with Crippen molar-refractivity contribution in [2.45, 2.75) is 37.6 Å². The van der Waals surface area contributed by atoms with Gasteiger partial charge in [0.15, 0.2) is 23.4 Å². The highest BCUT2D eigenvalue weighted by Crippen LogP contribution is 2.55. The van der Waals surface area contributed by atoms with Crippen molar-refractivity contribution >= 4 is 17.5 Å². The Bertz CT molecular complexity index is 1140. The Balaban J connectivity index is 2.08. The zero-order chi connectivity index (χ0) is 25.6. The van der Waals surface area contributed by atoms with Crippen molar-refractivity contribution in [3.63, 3.8) is 0 Å². The number of amides is 2. The smallest absolute Gasteiger partial charge is 0.417 e. The molecule has 184 valence electrons. The molecule has 34 heavy (non-hydrogen) atoms. The molecule has 3 rings (SSSR count). The molecule has 0 bridgehead atoms. The number of hydrogen-bond acceptors (Lipinski definition) is 5. The fourth-order valence-electron chi connectivity index (χ4n) is 4.00. The molecular weight excluding hydrogens is 469 g/mol. The summed E-state index contributed by atoms with van der Waals surface area (Å²) in [5.41, 5.74) is 1.40. The summed E-state index contributed by atoms with van der Waals surface area (Å²) in [6.45, 7) is 1.92. The summed E-state index contributed by atoms with van der Waals surface area (Å²) in [5.74, 6) is -8.43. The summed E-state index contributed by atoms with van der Waals surface area (Å²) >= 11 is 0. The number of nitrogens with one attached hydrogen (secondary N) is 1. The molecule has 0 unspecified atom stereocenters. The van der Waals surface area contributed by atoms with Crippen LogP contribution in [0, 0.1) is 22.8 Å². The van der Waals surface area contributed by atoms with Crippen molar-refractivity contribution in [3.8, 4) is 5.75 Å². The van der Waals surface area contributed by atoms with Crippen LogP contribution in [0.5, 0.6) is 5.75 Å². The molecule has 1 fully saturated rings. The summed E-state index contributed by atoms with van der Waals surface area (Å²) in [6, 6.07) is 3.76. The van der Waals surface area contributed by atoms with E-state index in [-0.39, 0.29) is 16.0 Å². The van der Waals surface area contributed by atoms with E-state index >= 15 is 0 Å². The van der Waals surface area contributed by atoms with Crippen molar-refractivity contribution in [1.29, 1.82) is 0 Å². The van der Waals surface area contributed by atoms with Crippen LogP contribution in [0.15, 0.2) is 30.5 Å². The molecule has 2 amide bonds. The standard InChI is InChI=1S/C21H20F5N3O5/c1-9-14(11-4-5-12(22)15(23)16(11)33-3)17(34-20(9,2)21(24,25)26)19(31)28-10-6-7-29(32)13(8-10)18(27)30/h4-9,14,17H,1-3H3,(H2,27,30)(H,28,31)/t9-,14-,17-,20+/m0/s1. The fourth-order valence-corrected chi connectivity index (χ4v) is 4.00. The van der Waals surface area contributed by atoms with Crippen LogP contribution in [0.3, 0.4) is 0 Å². The normalized spacial score (nSPS) is 24.6. The summed E-state index contributed by atoms with van der Waals surface area (Å²) in [4.78, 5) is 24.4. The third-order valence-electron chi connectivity index (χ3n) is 6.01. The van der Waals surface area contributed by atoms with Crippen LogP contribution in [0.2, 0.25) is 0 Å². The van der Waals surface area contributed by atoms with Crippen molar-refractivity contribution in [2.24, 2.45) is 11.7 Å². The molecule has 0 radical (unpaired) electrons. The van der Waals surface area contributed by atoms with Crippen molar-refractivity contribution in [2.75, 3.05) is 12.4 Å². The second-order valence-electron chi connectivity index (χ2n) is 7.92. The molecule has 0 aliphatic carbocycles. The number of primary amides is 1. The zero-order valence-corrected chi connectivity index (χ0v) is 18.1. The lowest BCUT2D eigenvalue weighted by molar-refractivity contribution is -0.607. The number of ether oxygens (including phenoxy) is 2. The molecular formula is C21H20F5N3O5. The highest BCUT2D eigenvalue weighted by molar-refractivity contribution is 5.97. The second-order valence-corrected chi connectivity index (χ2v) is 7.92. The van der Waals surface area contributed by atoms with Gasteiger partial charge in [-0.05, 0) is 13.0 Å². The van der Waals surface area contributed by atoms with E-state index in [9.17, 15) is 36.7 Å². The Morgan fingerprint density at radius 1 is 1.26 bits per heavy atom. The molecule has 1 aromatic carbocycles. The lowest BCUT2D eigenvalue weighted by Crippen LogP contribution is -2.47. The number of pyridine rings is 1. The van der Waals surface area contributed by atoms with E-state index in [4.69, 9.17) is 15.2 Å². The summed E-state index contributed by atoms with van der Waals surface area (Å²) in [7, 11) is 1.01. The first-order chi connectivity index (χ1) is 15.7. The topological polar surface area (TPSA) is 118 Å². The van der Waals surface area contributed by atoms with Crippen LogP contribution in [0.1, 0.15) is 35.8 Å². The third kappa shape index (κ3) is 4.11. The van der Waals surface area contributed by atoms with E-state index in [1.54, 1.807) is 0 Å². The molecule has 0 saturated carbocycles. The van der Waals surface area contributed by atoms with Crippen LogP contribution in [-0.2, 0) is 9.53 Å². The molecule has 2 aromatic rings. The molecule has 1 aromatic heterocycles. The Kier molecular flexibility index (Phi) is 6.44. The maximum atomic E-state index is 14.4. The molecule has 4 atom stereocenters. The number of methoxy groups -OCH3 is 1. The van der Waals surface area contributed by atoms with Gasteiger partial charge in [0, 0.05) is 29.5 Å². The van der Waals surface area contributed by atoms with E-state index in [1.807, 2.05) is 0 Å². The highest BCUT2D eigenvalue weighted by atomic mass is 19.4. The van der Waals surface area contributed by atoms with Crippen LogP contribution >= 0.6 is 0 Å². The predicted molar refractivity (Wildman–Crippen MR) is 107 cm³/mol. The van der Waals surface area contributed by atoms with E-state index in [1.165, 1.54) is 6.92 Å². The van der Waals surface area contributed by atoms with Crippen LogP contribution < -0.4 is 20.5 Å². The largest absolute Gasteiger partial charge is 0.618 e. The van der Waals surface area contributed by atoms with Gasteiger partial charge in [-0.1, -0.05) is 13.0 Å². The number of benzene rings is 1. The van der Waals surface area contributed by atoms with Gasteiger partial charge in [0.1, 0.15) is 6.10 Å². The monoisotopic (exact) mass is 489 g/mol.